The van der Waals surface area contributed by atoms with Crippen molar-refractivity contribution in [3.8, 4) is 0 Å². The van der Waals surface area contributed by atoms with E-state index in [1.54, 1.807) is 0 Å². The second-order valence-corrected chi connectivity index (χ2v) is 4.04. The molecule has 0 rings (SSSR count). The lowest BCUT2D eigenvalue weighted by atomic mass is 9.82. The van der Waals surface area contributed by atoms with Crippen LogP contribution in [0.4, 0.5) is 0 Å². The topological polar surface area (TPSA) is 20.2 Å². The molecule has 1 unspecified atom stereocenters. The Hall–Kier alpha value is -0.300. The van der Waals surface area contributed by atoms with Crippen LogP contribution in [-0.2, 0) is 0 Å². The first kappa shape index (κ1) is 10.7. The van der Waals surface area contributed by atoms with Gasteiger partial charge in [0, 0.05) is 0 Å². The largest absolute Gasteiger partial charge is 0.393 e. The molecule has 0 fully saturated rings. The zero-order valence-corrected chi connectivity index (χ0v) is 7.93. The molecule has 0 saturated heterocycles. The van der Waals surface area contributed by atoms with Crippen LogP contribution in [0.15, 0.2) is 12.7 Å². The highest BCUT2D eigenvalue weighted by Crippen LogP contribution is 2.28. The van der Waals surface area contributed by atoms with Gasteiger partial charge in [-0.2, -0.15) is 0 Å². The van der Waals surface area contributed by atoms with Crippen molar-refractivity contribution in [3.63, 3.8) is 0 Å². The first-order chi connectivity index (χ1) is 4.98. The van der Waals surface area contributed by atoms with Gasteiger partial charge in [-0.3, -0.25) is 0 Å². The van der Waals surface area contributed by atoms with Crippen LogP contribution in [0.2, 0.25) is 0 Å². The van der Waals surface area contributed by atoms with Gasteiger partial charge in [-0.25, -0.2) is 0 Å². The van der Waals surface area contributed by atoms with E-state index >= 15 is 0 Å². The molecule has 0 aromatic carbocycles. The molecule has 0 radical (unpaired) electrons. The van der Waals surface area contributed by atoms with Crippen LogP contribution in [0.3, 0.4) is 0 Å². The van der Waals surface area contributed by atoms with E-state index in [4.69, 9.17) is 5.11 Å². The number of hydrogen-bond acceptors (Lipinski definition) is 1. The van der Waals surface area contributed by atoms with Gasteiger partial charge in [-0.05, 0) is 31.6 Å². The fourth-order valence-electron chi connectivity index (χ4n) is 1.39. The molecule has 1 atom stereocenters. The maximum atomic E-state index is 9.16. The van der Waals surface area contributed by atoms with Gasteiger partial charge in [0.2, 0.25) is 0 Å². The third-order valence-corrected chi connectivity index (χ3v) is 1.87. The summed E-state index contributed by atoms with van der Waals surface area (Å²) in [5.74, 6) is 0. The average Bonchev–Trinajstić information content (AvgIpc) is 1.81. The van der Waals surface area contributed by atoms with Gasteiger partial charge in [-0.15, -0.1) is 6.58 Å². The first-order valence-electron chi connectivity index (χ1n) is 4.27. The second kappa shape index (κ2) is 4.55. The quantitative estimate of drug-likeness (QED) is 0.607. The van der Waals surface area contributed by atoms with Gasteiger partial charge in [0.15, 0.2) is 0 Å². The fourth-order valence-corrected chi connectivity index (χ4v) is 1.39. The molecular formula is C10H20O. The summed E-state index contributed by atoms with van der Waals surface area (Å²) in [5.41, 5.74) is 0.252. The lowest BCUT2D eigenvalue weighted by Crippen LogP contribution is -2.17. The Morgan fingerprint density at radius 2 is 2.09 bits per heavy atom. The Morgan fingerprint density at radius 1 is 1.55 bits per heavy atom. The minimum absolute atomic E-state index is 0.185. The maximum absolute atomic E-state index is 9.16. The Balaban J connectivity index is 3.69. The number of allylic oxidation sites excluding steroid dienone is 1. The van der Waals surface area contributed by atoms with Crippen LogP contribution in [-0.4, -0.2) is 11.2 Å². The summed E-state index contributed by atoms with van der Waals surface area (Å²) >= 11 is 0. The number of aliphatic hydroxyl groups is 1. The third-order valence-electron chi connectivity index (χ3n) is 1.87. The summed E-state index contributed by atoms with van der Waals surface area (Å²) in [6, 6.07) is 0. The molecule has 1 N–H and O–H groups in total. The predicted octanol–water partition coefficient (Wildman–Crippen LogP) is 2.75. The van der Waals surface area contributed by atoms with Crippen LogP contribution < -0.4 is 0 Å². The van der Waals surface area contributed by atoms with E-state index in [2.05, 4.69) is 20.4 Å². The summed E-state index contributed by atoms with van der Waals surface area (Å²) in [7, 11) is 0. The van der Waals surface area contributed by atoms with E-state index in [-0.39, 0.29) is 11.5 Å². The van der Waals surface area contributed by atoms with E-state index in [0.29, 0.717) is 0 Å². The van der Waals surface area contributed by atoms with Crippen LogP contribution >= 0.6 is 0 Å². The Bertz CT molecular complexity index is 114. The van der Waals surface area contributed by atoms with Gasteiger partial charge in [0.1, 0.15) is 0 Å². The fraction of sp³-hybridized carbons (Fsp3) is 0.800. The standard InChI is InChI=1S/C10H20O/c1-5-6-7-10(3,4)8-9(2)11/h5,9,11H,1,6-8H2,2-4H3. The minimum atomic E-state index is -0.185. The molecule has 0 amide bonds. The van der Waals surface area contributed by atoms with Crippen LogP contribution in [0.25, 0.3) is 0 Å². The minimum Gasteiger partial charge on any atom is -0.393 e. The van der Waals surface area contributed by atoms with E-state index in [1.807, 2.05) is 13.0 Å². The molecule has 0 bridgehead atoms. The molecule has 0 aliphatic carbocycles. The van der Waals surface area contributed by atoms with Gasteiger partial charge in [0.25, 0.3) is 0 Å². The smallest absolute Gasteiger partial charge is 0.0517 e. The first-order valence-corrected chi connectivity index (χ1v) is 4.27. The molecule has 11 heavy (non-hydrogen) atoms. The van der Waals surface area contributed by atoms with E-state index in [1.165, 1.54) is 0 Å². The lowest BCUT2D eigenvalue weighted by molar-refractivity contribution is 0.125. The summed E-state index contributed by atoms with van der Waals surface area (Å²) in [6.07, 6.45) is 4.78. The van der Waals surface area contributed by atoms with Crippen molar-refractivity contribution < 1.29 is 5.11 Å². The van der Waals surface area contributed by atoms with Gasteiger partial charge >= 0.3 is 0 Å². The van der Waals surface area contributed by atoms with Gasteiger partial charge in [-0.1, -0.05) is 19.9 Å². The highest BCUT2D eigenvalue weighted by atomic mass is 16.3. The van der Waals surface area contributed by atoms with Crippen molar-refractivity contribution in [1.82, 2.24) is 0 Å². The summed E-state index contributed by atoms with van der Waals surface area (Å²) in [6.45, 7) is 9.89. The highest BCUT2D eigenvalue weighted by Gasteiger charge is 2.18. The number of rotatable bonds is 5. The van der Waals surface area contributed by atoms with E-state index < -0.39 is 0 Å². The molecule has 0 aromatic heterocycles. The molecular weight excluding hydrogens is 136 g/mol. The lowest BCUT2D eigenvalue weighted by Gasteiger charge is -2.25. The van der Waals surface area contributed by atoms with Crippen molar-refractivity contribution in [2.75, 3.05) is 0 Å². The molecule has 1 heteroatoms. The Labute approximate surface area is 70.1 Å². The number of aliphatic hydroxyl groups excluding tert-OH is 1. The van der Waals surface area contributed by atoms with Crippen molar-refractivity contribution in [2.24, 2.45) is 5.41 Å². The molecule has 66 valence electrons. The molecule has 0 aliphatic heterocycles. The van der Waals surface area contributed by atoms with Crippen molar-refractivity contribution in [2.45, 2.75) is 46.1 Å². The summed E-state index contributed by atoms with van der Waals surface area (Å²) < 4.78 is 0. The van der Waals surface area contributed by atoms with Crippen LogP contribution in [0, 0.1) is 5.41 Å². The summed E-state index contributed by atoms with van der Waals surface area (Å²) in [5, 5.41) is 9.16. The molecule has 0 saturated carbocycles. The molecule has 0 aromatic rings. The predicted molar refractivity (Wildman–Crippen MR) is 49.5 cm³/mol. The third kappa shape index (κ3) is 6.11. The summed E-state index contributed by atoms with van der Waals surface area (Å²) in [4.78, 5) is 0. The van der Waals surface area contributed by atoms with Crippen molar-refractivity contribution in [3.05, 3.63) is 12.7 Å². The average molecular weight is 156 g/mol. The Kier molecular flexibility index (Phi) is 4.43. The van der Waals surface area contributed by atoms with E-state index in [9.17, 15) is 0 Å². The highest BCUT2D eigenvalue weighted by molar-refractivity contribution is 4.76. The van der Waals surface area contributed by atoms with Crippen molar-refractivity contribution >= 4 is 0 Å². The zero-order chi connectivity index (χ0) is 8.91. The van der Waals surface area contributed by atoms with E-state index in [0.717, 1.165) is 19.3 Å². The van der Waals surface area contributed by atoms with Crippen LogP contribution in [0.5, 0.6) is 0 Å². The molecule has 0 spiro atoms. The van der Waals surface area contributed by atoms with Crippen LogP contribution in [0.1, 0.15) is 40.0 Å². The monoisotopic (exact) mass is 156 g/mol. The maximum Gasteiger partial charge on any atom is 0.0517 e. The molecule has 0 heterocycles. The zero-order valence-electron chi connectivity index (χ0n) is 7.93. The molecule has 0 aliphatic rings. The Morgan fingerprint density at radius 3 is 2.45 bits per heavy atom. The van der Waals surface area contributed by atoms with Gasteiger partial charge < -0.3 is 5.11 Å². The second-order valence-electron chi connectivity index (χ2n) is 4.04. The van der Waals surface area contributed by atoms with Crippen molar-refractivity contribution in [1.29, 1.82) is 0 Å². The van der Waals surface area contributed by atoms with Gasteiger partial charge in [0.05, 0.1) is 6.10 Å². The normalized spacial score (nSPS) is 14.5. The SMILES string of the molecule is C=CCCC(C)(C)CC(C)O. The number of hydrogen-bond donors (Lipinski definition) is 1. The molecule has 1 nitrogen and oxygen atoms in total.